The second kappa shape index (κ2) is 6.22. The van der Waals surface area contributed by atoms with Crippen LogP contribution in [0.3, 0.4) is 0 Å². The molecule has 21 heavy (non-hydrogen) atoms. The van der Waals surface area contributed by atoms with E-state index in [1.165, 1.54) is 6.07 Å². The Morgan fingerprint density at radius 3 is 2.76 bits per heavy atom. The van der Waals surface area contributed by atoms with Gasteiger partial charge >= 0.3 is 5.97 Å². The molecule has 0 spiro atoms. The van der Waals surface area contributed by atoms with Crippen molar-refractivity contribution in [2.75, 3.05) is 0 Å². The topological polar surface area (TPSA) is 83.7 Å². The highest BCUT2D eigenvalue weighted by molar-refractivity contribution is 5.94. The number of carbonyl (C=O) groups is 1. The number of nitro benzene ring substituents is 1. The number of nitro groups is 1. The summed E-state index contributed by atoms with van der Waals surface area (Å²) in [5.74, 6) is -1.24. The lowest BCUT2D eigenvalue weighted by Gasteiger charge is -2.28. The van der Waals surface area contributed by atoms with Crippen molar-refractivity contribution in [3.05, 3.63) is 39.4 Å². The normalized spacial score (nSPS) is 22.4. The van der Waals surface area contributed by atoms with Gasteiger partial charge in [0.15, 0.2) is 0 Å². The summed E-state index contributed by atoms with van der Waals surface area (Å²) in [6, 6.07) is 5.27. The Bertz CT molecular complexity index is 559. The van der Waals surface area contributed by atoms with Gasteiger partial charge in [0.1, 0.15) is 5.56 Å². The first-order valence-electron chi connectivity index (χ1n) is 7.21. The van der Waals surface area contributed by atoms with Crippen LogP contribution in [-0.4, -0.2) is 33.0 Å². The highest BCUT2D eigenvalue weighted by atomic mass is 16.6. The van der Waals surface area contributed by atoms with Gasteiger partial charge in [-0.05, 0) is 31.7 Å². The third-order valence-corrected chi connectivity index (χ3v) is 4.32. The van der Waals surface area contributed by atoms with E-state index in [-0.39, 0.29) is 11.3 Å². The van der Waals surface area contributed by atoms with E-state index in [1.54, 1.807) is 12.1 Å². The van der Waals surface area contributed by atoms with Crippen molar-refractivity contribution in [2.45, 2.75) is 51.7 Å². The maximum absolute atomic E-state index is 11.4. The van der Waals surface area contributed by atoms with Crippen LogP contribution >= 0.6 is 0 Å². The number of hydrogen-bond donors (Lipinski definition) is 1. The van der Waals surface area contributed by atoms with Gasteiger partial charge in [-0.25, -0.2) is 4.79 Å². The smallest absolute Gasteiger partial charge is 0.343 e. The van der Waals surface area contributed by atoms with E-state index in [1.807, 2.05) is 0 Å². The zero-order valence-corrected chi connectivity index (χ0v) is 12.3. The second-order valence-corrected chi connectivity index (χ2v) is 5.53. The van der Waals surface area contributed by atoms with Crippen molar-refractivity contribution in [1.29, 1.82) is 0 Å². The van der Waals surface area contributed by atoms with Crippen LogP contribution in [0.2, 0.25) is 0 Å². The van der Waals surface area contributed by atoms with Gasteiger partial charge in [0, 0.05) is 24.7 Å². The van der Waals surface area contributed by atoms with Crippen molar-refractivity contribution in [2.24, 2.45) is 0 Å². The SMILES string of the molecule is CCC1CCC(C)N1Cc1cccc([N+](=O)[O-])c1C(=O)O. The van der Waals surface area contributed by atoms with Gasteiger partial charge in [0.05, 0.1) is 4.92 Å². The molecule has 1 fully saturated rings. The Kier molecular flexibility index (Phi) is 4.57. The van der Waals surface area contributed by atoms with Crippen molar-refractivity contribution < 1.29 is 14.8 Å². The van der Waals surface area contributed by atoms with Crippen LogP contribution in [0, 0.1) is 10.1 Å². The van der Waals surface area contributed by atoms with Crippen LogP contribution < -0.4 is 0 Å². The van der Waals surface area contributed by atoms with E-state index in [9.17, 15) is 20.0 Å². The molecular formula is C15H20N2O4. The first-order chi connectivity index (χ1) is 9.95. The Hall–Kier alpha value is -1.95. The van der Waals surface area contributed by atoms with Gasteiger partial charge in [-0.2, -0.15) is 0 Å². The van der Waals surface area contributed by atoms with Gasteiger partial charge in [0.25, 0.3) is 5.69 Å². The van der Waals surface area contributed by atoms with Crippen LogP contribution in [0.15, 0.2) is 18.2 Å². The summed E-state index contributed by atoms with van der Waals surface area (Å²) < 4.78 is 0. The largest absolute Gasteiger partial charge is 0.477 e. The van der Waals surface area contributed by atoms with Crippen LogP contribution in [0.4, 0.5) is 5.69 Å². The van der Waals surface area contributed by atoms with Crippen molar-refractivity contribution in [3.63, 3.8) is 0 Å². The standard InChI is InChI=1S/C15H20N2O4/c1-3-12-8-7-10(2)16(12)9-11-5-4-6-13(17(20)21)14(11)15(18)19/h4-6,10,12H,3,7-9H2,1-2H3,(H,18,19). The van der Waals surface area contributed by atoms with E-state index < -0.39 is 10.9 Å². The molecule has 1 aromatic carbocycles. The molecule has 1 heterocycles. The minimum absolute atomic E-state index is 0.184. The number of carboxylic acids is 1. The fraction of sp³-hybridized carbons (Fsp3) is 0.533. The summed E-state index contributed by atoms with van der Waals surface area (Å²) in [4.78, 5) is 24.1. The summed E-state index contributed by atoms with van der Waals surface area (Å²) >= 11 is 0. The molecule has 6 nitrogen and oxygen atoms in total. The Morgan fingerprint density at radius 2 is 2.19 bits per heavy atom. The fourth-order valence-electron chi connectivity index (χ4n) is 3.16. The van der Waals surface area contributed by atoms with Crippen LogP contribution in [0.5, 0.6) is 0 Å². The first kappa shape index (κ1) is 15.4. The Labute approximate surface area is 123 Å². The molecule has 0 aliphatic carbocycles. The highest BCUT2D eigenvalue weighted by Gasteiger charge is 2.31. The molecule has 0 aromatic heterocycles. The van der Waals surface area contributed by atoms with Gasteiger partial charge in [-0.1, -0.05) is 19.1 Å². The molecule has 1 aromatic rings. The van der Waals surface area contributed by atoms with Crippen LogP contribution in [-0.2, 0) is 6.54 Å². The molecule has 2 rings (SSSR count). The van der Waals surface area contributed by atoms with Crippen LogP contribution in [0.1, 0.15) is 49.0 Å². The van der Waals surface area contributed by atoms with Crippen molar-refractivity contribution in [3.8, 4) is 0 Å². The molecule has 1 aliphatic rings. The van der Waals surface area contributed by atoms with E-state index in [2.05, 4.69) is 18.7 Å². The predicted octanol–water partition coefficient (Wildman–Crippen LogP) is 3.06. The summed E-state index contributed by atoms with van der Waals surface area (Å²) in [5.41, 5.74) is 0.000233. The quantitative estimate of drug-likeness (QED) is 0.666. The molecule has 1 aliphatic heterocycles. The lowest BCUT2D eigenvalue weighted by atomic mass is 10.0. The average molecular weight is 292 g/mol. The summed E-state index contributed by atoms with van der Waals surface area (Å²) in [6.07, 6.45) is 3.17. The summed E-state index contributed by atoms with van der Waals surface area (Å²) in [6.45, 7) is 4.68. The number of benzene rings is 1. The minimum atomic E-state index is -1.24. The summed E-state index contributed by atoms with van der Waals surface area (Å²) in [5, 5.41) is 20.4. The zero-order valence-electron chi connectivity index (χ0n) is 12.3. The number of hydrogen-bond acceptors (Lipinski definition) is 4. The maximum Gasteiger partial charge on any atom is 0.343 e. The lowest BCUT2D eigenvalue weighted by molar-refractivity contribution is -0.385. The molecule has 2 unspecified atom stereocenters. The highest BCUT2D eigenvalue weighted by Crippen LogP contribution is 2.30. The Balaban J connectivity index is 2.38. The van der Waals surface area contributed by atoms with E-state index in [0.29, 0.717) is 24.2 Å². The van der Waals surface area contributed by atoms with E-state index in [0.717, 1.165) is 19.3 Å². The first-order valence-corrected chi connectivity index (χ1v) is 7.21. The van der Waals surface area contributed by atoms with Crippen LogP contribution in [0.25, 0.3) is 0 Å². The number of likely N-dealkylation sites (tertiary alicyclic amines) is 1. The molecule has 6 heteroatoms. The molecule has 0 radical (unpaired) electrons. The minimum Gasteiger partial charge on any atom is -0.477 e. The molecular weight excluding hydrogens is 272 g/mol. The van der Waals surface area contributed by atoms with Gasteiger partial charge in [-0.3, -0.25) is 15.0 Å². The van der Waals surface area contributed by atoms with Gasteiger partial charge < -0.3 is 5.11 Å². The van der Waals surface area contributed by atoms with Gasteiger partial charge in [0.2, 0.25) is 0 Å². The second-order valence-electron chi connectivity index (χ2n) is 5.53. The molecule has 0 saturated carbocycles. The lowest BCUT2D eigenvalue weighted by Crippen LogP contribution is -2.34. The average Bonchev–Trinajstić information content (AvgIpc) is 2.79. The molecule has 2 atom stereocenters. The predicted molar refractivity (Wildman–Crippen MR) is 78.4 cm³/mol. The van der Waals surface area contributed by atoms with E-state index in [4.69, 9.17) is 0 Å². The Morgan fingerprint density at radius 1 is 1.48 bits per heavy atom. The van der Waals surface area contributed by atoms with Crippen molar-refractivity contribution in [1.82, 2.24) is 4.90 Å². The van der Waals surface area contributed by atoms with Gasteiger partial charge in [-0.15, -0.1) is 0 Å². The monoisotopic (exact) mass is 292 g/mol. The molecule has 114 valence electrons. The van der Waals surface area contributed by atoms with Crippen molar-refractivity contribution >= 4 is 11.7 Å². The molecule has 0 bridgehead atoms. The number of nitrogens with zero attached hydrogens (tertiary/aromatic N) is 2. The number of rotatable bonds is 5. The number of aromatic carboxylic acids is 1. The fourth-order valence-corrected chi connectivity index (χ4v) is 3.16. The third-order valence-electron chi connectivity index (χ3n) is 4.32. The molecule has 1 saturated heterocycles. The third kappa shape index (κ3) is 3.05. The van der Waals surface area contributed by atoms with E-state index >= 15 is 0 Å². The summed E-state index contributed by atoms with van der Waals surface area (Å²) in [7, 11) is 0. The number of carboxylic acid groups (broad SMARTS) is 1. The zero-order chi connectivity index (χ0) is 15.6. The molecule has 1 N–H and O–H groups in total. The molecule has 0 amide bonds. The maximum atomic E-state index is 11.4.